The Hall–Kier alpha value is -9.38. The Morgan fingerprint density at radius 3 is 1.01 bits per heavy atom. The Balaban J connectivity index is 1.14. The number of nitrogens with zero attached hydrogens (tertiary/aromatic N) is 4. The standard InChI is InChI=1S/C66H42N4/c1-7-23-43(24-8-1)57-61-51-37-19-35-49-60-54(68(47-31-15-5-16-32-47)48-33-17-6-18-34-48)40-22-42-56(60)70(63(49)51)66(61)58(44-25-9-2-10-26-44)62-52-38-20-36-50-59-53(39-21-41-55(59)69(64(50)52)65(57)62)67(45-27-11-3-12-28-45)46-29-13-4-14-30-46/h1-42H/i3D,5D,11D,12D,15D,16D,27D,28D,31D,32D. The van der Waals surface area contributed by atoms with Crippen LogP contribution in [0.25, 0.3) is 98.4 Å². The van der Waals surface area contributed by atoms with Crippen molar-refractivity contribution >= 4 is 110 Å². The number of benzene rings is 11. The predicted octanol–water partition coefficient (Wildman–Crippen LogP) is 18.3. The molecule has 0 saturated heterocycles. The second-order valence-electron chi connectivity index (χ2n) is 17.6. The van der Waals surface area contributed by atoms with E-state index in [-0.39, 0.29) is 35.5 Å². The molecule has 326 valence electrons. The smallest absolute Gasteiger partial charge is 0.0645 e. The number of rotatable bonds is 8. The van der Waals surface area contributed by atoms with Crippen molar-refractivity contribution in [3.05, 3.63) is 255 Å². The van der Waals surface area contributed by atoms with E-state index in [1.807, 2.05) is 107 Å². The normalized spacial score (nSPS) is 14.0. The molecule has 0 amide bonds. The summed E-state index contributed by atoms with van der Waals surface area (Å²) in [5.74, 6) is 0. The summed E-state index contributed by atoms with van der Waals surface area (Å²) in [6.07, 6.45) is 0. The van der Waals surface area contributed by atoms with Crippen LogP contribution in [-0.2, 0) is 0 Å². The summed E-state index contributed by atoms with van der Waals surface area (Å²) < 4.78 is 94.3. The molecule has 70 heavy (non-hydrogen) atoms. The molecule has 4 nitrogen and oxygen atoms in total. The van der Waals surface area contributed by atoms with Crippen LogP contribution in [0, 0.1) is 0 Å². The molecular formula is C66H42N4. The molecule has 0 aliphatic heterocycles. The summed E-state index contributed by atoms with van der Waals surface area (Å²) in [7, 11) is 0. The first-order chi connectivity index (χ1) is 39.0. The van der Waals surface area contributed by atoms with Gasteiger partial charge in [0.2, 0.25) is 0 Å². The van der Waals surface area contributed by atoms with Crippen molar-refractivity contribution in [2.75, 3.05) is 9.80 Å². The Labute approximate surface area is 418 Å². The Morgan fingerprint density at radius 1 is 0.286 bits per heavy atom. The summed E-state index contributed by atoms with van der Waals surface area (Å²) in [6, 6.07) is 60.9. The van der Waals surface area contributed by atoms with E-state index in [1.165, 1.54) is 0 Å². The van der Waals surface area contributed by atoms with Gasteiger partial charge in [0, 0.05) is 77.0 Å². The highest BCUT2D eigenvalue weighted by Crippen LogP contribution is 2.56. The third-order valence-corrected chi connectivity index (χ3v) is 14.1. The molecule has 0 aliphatic rings. The quantitative estimate of drug-likeness (QED) is 0.151. The average molecular weight is 901 g/mol. The minimum atomic E-state index is -0.462. The molecule has 0 saturated carbocycles. The maximum absolute atomic E-state index is 9.31. The first kappa shape index (κ1) is 30.1. The van der Waals surface area contributed by atoms with Crippen molar-refractivity contribution in [3.8, 4) is 22.3 Å². The number of para-hydroxylation sites is 6. The van der Waals surface area contributed by atoms with E-state index in [4.69, 9.17) is 8.22 Å². The van der Waals surface area contributed by atoms with E-state index < -0.39 is 36.3 Å². The van der Waals surface area contributed by atoms with E-state index in [1.54, 1.807) is 0 Å². The van der Waals surface area contributed by atoms with E-state index in [0.29, 0.717) is 22.7 Å². The van der Waals surface area contributed by atoms with Crippen molar-refractivity contribution in [1.29, 1.82) is 0 Å². The first-order valence-electron chi connectivity index (χ1n) is 28.3. The second kappa shape index (κ2) is 15.1. The van der Waals surface area contributed by atoms with Crippen LogP contribution in [0.3, 0.4) is 0 Å². The van der Waals surface area contributed by atoms with Gasteiger partial charge in [-0.3, -0.25) is 0 Å². The van der Waals surface area contributed by atoms with Gasteiger partial charge in [-0.2, -0.15) is 0 Å². The van der Waals surface area contributed by atoms with Gasteiger partial charge in [-0.05, 0) is 83.8 Å². The lowest BCUT2D eigenvalue weighted by atomic mass is 9.89. The number of hydrogen-bond donors (Lipinski definition) is 0. The van der Waals surface area contributed by atoms with Crippen LogP contribution < -0.4 is 9.80 Å². The van der Waals surface area contributed by atoms with Gasteiger partial charge < -0.3 is 18.6 Å². The zero-order valence-corrected chi connectivity index (χ0v) is 37.3. The molecule has 0 radical (unpaired) electrons. The highest BCUT2D eigenvalue weighted by molar-refractivity contribution is 6.39. The lowest BCUT2D eigenvalue weighted by Gasteiger charge is -2.26. The second-order valence-corrected chi connectivity index (χ2v) is 17.6. The van der Waals surface area contributed by atoms with Crippen LogP contribution in [0.1, 0.15) is 13.7 Å². The number of anilines is 6. The van der Waals surface area contributed by atoms with Gasteiger partial charge in [0.25, 0.3) is 0 Å². The fourth-order valence-electron chi connectivity index (χ4n) is 11.5. The highest BCUT2D eigenvalue weighted by Gasteiger charge is 2.32. The van der Waals surface area contributed by atoms with Gasteiger partial charge in [0.05, 0.1) is 58.2 Å². The van der Waals surface area contributed by atoms with Crippen molar-refractivity contribution < 1.29 is 13.7 Å². The van der Waals surface area contributed by atoms with Crippen molar-refractivity contribution in [3.63, 3.8) is 0 Å². The summed E-state index contributed by atoms with van der Waals surface area (Å²) in [5.41, 5.74) is 12.3. The number of fused-ring (bicyclic) bond motifs is 12. The van der Waals surface area contributed by atoms with Crippen LogP contribution in [0.15, 0.2) is 255 Å². The average Bonchev–Trinajstić information content (AvgIpc) is 2.18. The third-order valence-electron chi connectivity index (χ3n) is 14.1. The molecule has 15 aromatic rings. The fraction of sp³-hybridized carbons (Fsp3) is 0. The van der Waals surface area contributed by atoms with Crippen molar-refractivity contribution in [2.24, 2.45) is 0 Å². The predicted molar refractivity (Wildman–Crippen MR) is 296 cm³/mol. The molecule has 15 rings (SSSR count). The summed E-state index contributed by atoms with van der Waals surface area (Å²) >= 11 is 0. The van der Waals surface area contributed by atoms with Gasteiger partial charge in [-0.15, -0.1) is 0 Å². The molecule has 0 atom stereocenters. The van der Waals surface area contributed by atoms with E-state index in [2.05, 4.69) is 106 Å². The molecule has 4 aromatic heterocycles. The summed E-state index contributed by atoms with van der Waals surface area (Å²) in [6.45, 7) is 0. The fourth-order valence-corrected chi connectivity index (χ4v) is 11.5. The SMILES string of the molecule is [2H]c1c([2H])c([2H])c(N(c2ccccc2)c2cccc3c2c2cccc4c5c(-c6ccccc6)c6c(c(-c7ccccc7)c5n3c24)c2cccc3c4c(N(c5ccccc5)c5c([2H])c([2H])c([2H])c([2H])c5[2H])cccc4n6c32)c([2H])c1[2H]. The van der Waals surface area contributed by atoms with E-state index in [9.17, 15) is 5.48 Å². The zero-order valence-electron chi connectivity index (χ0n) is 47.3. The maximum atomic E-state index is 9.31. The topological polar surface area (TPSA) is 15.3 Å². The van der Waals surface area contributed by atoms with Gasteiger partial charge in [0.15, 0.2) is 0 Å². The minimum Gasteiger partial charge on any atom is -0.310 e. The largest absolute Gasteiger partial charge is 0.310 e. The highest BCUT2D eigenvalue weighted by atomic mass is 15.2. The molecule has 0 aliphatic carbocycles. The first-order valence-corrected chi connectivity index (χ1v) is 23.3. The van der Waals surface area contributed by atoms with Crippen LogP contribution in [-0.4, -0.2) is 8.80 Å². The Bertz CT molecular complexity index is 4690. The maximum Gasteiger partial charge on any atom is 0.0645 e. The molecule has 4 heteroatoms. The molecule has 4 heterocycles. The molecule has 0 spiro atoms. The lowest BCUT2D eigenvalue weighted by Crippen LogP contribution is -2.10. The number of aromatic nitrogens is 2. The zero-order chi connectivity index (χ0) is 54.6. The van der Waals surface area contributed by atoms with Gasteiger partial charge >= 0.3 is 0 Å². The van der Waals surface area contributed by atoms with Gasteiger partial charge in [-0.25, -0.2) is 0 Å². The molecule has 0 bridgehead atoms. The van der Waals surface area contributed by atoms with Crippen LogP contribution in [0.2, 0.25) is 0 Å². The van der Waals surface area contributed by atoms with Crippen LogP contribution in [0.4, 0.5) is 34.1 Å². The number of hydrogen-bond acceptors (Lipinski definition) is 2. The monoisotopic (exact) mass is 900 g/mol. The molecule has 11 aromatic carbocycles. The molecule has 0 fully saturated rings. The molecule has 0 N–H and O–H groups in total. The van der Waals surface area contributed by atoms with Gasteiger partial charge in [-0.1, -0.05) is 182 Å². The van der Waals surface area contributed by atoms with Crippen molar-refractivity contribution in [1.82, 2.24) is 8.80 Å². The van der Waals surface area contributed by atoms with Gasteiger partial charge in [0.1, 0.15) is 0 Å². The van der Waals surface area contributed by atoms with Crippen molar-refractivity contribution in [2.45, 2.75) is 0 Å². The third kappa shape index (κ3) is 5.36. The van der Waals surface area contributed by atoms with E-state index >= 15 is 0 Å². The Kier molecular flexibility index (Phi) is 6.48. The Morgan fingerprint density at radius 2 is 0.629 bits per heavy atom. The van der Waals surface area contributed by atoms with Crippen LogP contribution >= 0.6 is 0 Å². The lowest BCUT2D eigenvalue weighted by molar-refractivity contribution is 1.29. The molecule has 0 unspecified atom stereocenters. The molecular weight excluding hydrogens is 849 g/mol. The summed E-state index contributed by atoms with van der Waals surface area (Å²) in [5, 5.41) is 7.57. The van der Waals surface area contributed by atoms with Crippen LogP contribution in [0.5, 0.6) is 0 Å². The summed E-state index contributed by atoms with van der Waals surface area (Å²) in [4.78, 5) is 3.61. The minimum absolute atomic E-state index is 0.0453. The van der Waals surface area contributed by atoms with E-state index in [0.717, 1.165) is 98.4 Å².